The van der Waals surface area contributed by atoms with Crippen molar-refractivity contribution in [2.75, 3.05) is 11.9 Å². The van der Waals surface area contributed by atoms with Crippen LogP contribution in [-0.2, 0) is 13.5 Å². The molecule has 0 bridgehead atoms. The molecule has 20 heavy (non-hydrogen) atoms. The van der Waals surface area contributed by atoms with Crippen LogP contribution in [0.4, 0.5) is 5.69 Å². The molecule has 102 valence electrons. The SMILES string of the molecule is Cn1cc(CCCNc2ccncc2)c2ccccc21. The monoisotopic (exact) mass is 265 g/mol. The van der Waals surface area contributed by atoms with E-state index in [0.717, 1.165) is 25.1 Å². The Labute approximate surface area is 119 Å². The van der Waals surface area contributed by atoms with Crippen LogP contribution in [0.1, 0.15) is 12.0 Å². The molecule has 0 fully saturated rings. The van der Waals surface area contributed by atoms with E-state index in [0.29, 0.717) is 0 Å². The van der Waals surface area contributed by atoms with Crippen LogP contribution in [0.25, 0.3) is 10.9 Å². The number of rotatable bonds is 5. The third-order valence-corrected chi connectivity index (χ3v) is 3.61. The van der Waals surface area contributed by atoms with Crippen molar-refractivity contribution in [3.8, 4) is 0 Å². The second kappa shape index (κ2) is 5.78. The Balaban J connectivity index is 1.60. The first-order valence-corrected chi connectivity index (χ1v) is 7.01. The van der Waals surface area contributed by atoms with E-state index in [2.05, 4.69) is 52.4 Å². The minimum absolute atomic E-state index is 0.979. The fraction of sp³-hybridized carbons (Fsp3) is 0.235. The number of hydrogen-bond acceptors (Lipinski definition) is 2. The highest BCUT2D eigenvalue weighted by Gasteiger charge is 2.05. The highest BCUT2D eigenvalue weighted by Crippen LogP contribution is 2.21. The van der Waals surface area contributed by atoms with Gasteiger partial charge in [-0.05, 0) is 36.6 Å². The Hall–Kier alpha value is -2.29. The Morgan fingerprint density at radius 2 is 1.90 bits per heavy atom. The molecule has 0 spiro atoms. The van der Waals surface area contributed by atoms with E-state index in [-0.39, 0.29) is 0 Å². The molecule has 0 aliphatic rings. The number of aryl methyl sites for hydroxylation is 2. The van der Waals surface area contributed by atoms with Crippen LogP contribution in [0.2, 0.25) is 0 Å². The van der Waals surface area contributed by atoms with Gasteiger partial charge >= 0.3 is 0 Å². The molecule has 0 saturated heterocycles. The van der Waals surface area contributed by atoms with E-state index in [1.807, 2.05) is 24.5 Å². The smallest absolute Gasteiger partial charge is 0.0480 e. The van der Waals surface area contributed by atoms with Crippen molar-refractivity contribution in [3.05, 3.63) is 60.6 Å². The summed E-state index contributed by atoms with van der Waals surface area (Å²) in [5.74, 6) is 0. The van der Waals surface area contributed by atoms with Crippen molar-refractivity contribution in [1.29, 1.82) is 0 Å². The number of anilines is 1. The molecule has 0 aliphatic heterocycles. The largest absolute Gasteiger partial charge is 0.385 e. The molecule has 2 aromatic heterocycles. The first-order chi connectivity index (χ1) is 9.84. The third kappa shape index (κ3) is 2.67. The standard InChI is InChI=1S/C17H19N3/c1-20-13-14(16-6-2-3-7-17(16)20)5-4-10-19-15-8-11-18-12-9-15/h2-3,6-9,11-13H,4-5,10H2,1H3,(H,18,19). The number of para-hydroxylation sites is 1. The normalized spacial score (nSPS) is 10.8. The summed E-state index contributed by atoms with van der Waals surface area (Å²) in [4.78, 5) is 4.02. The van der Waals surface area contributed by atoms with E-state index in [4.69, 9.17) is 0 Å². The summed E-state index contributed by atoms with van der Waals surface area (Å²) < 4.78 is 2.21. The molecule has 1 N–H and O–H groups in total. The van der Waals surface area contributed by atoms with Crippen molar-refractivity contribution >= 4 is 16.6 Å². The second-order valence-electron chi connectivity index (χ2n) is 5.05. The van der Waals surface area contributed by atoms with E-state index >= 15 is 0 Å². The number of fused-ring (bicyclic) bond motifs is 1. The first-order valence-electron chi connectivity index (χ1n) is 7.01. The Morgan fingerprint density at radius 1 is 1.10 bits per heavy atom. The van der Waals surface area contributed by atoms with Gasteiger partial charge in [0.05, 0.1) is 0 Å². The highest BCUT2D eigenvalue weighted by atomic mass is 14.9. The van der Waals surface area contributed by atoms with E-state index < -0.39 is 0 Å². The van der Waals surface area contributed by atoms with E-state index in [9.17, 15) is 0 Å². The molecule has 0 saturated carbocycles. The van der Waals surface area contributed by atoms with Gasteiger partial charge in [-0.1, -0.05) is 18.2 Å². The summed E-state index contributed by atoms with van der Waals surface area (Å²) in [7, 11) is 2.11. The molecule has 0 amide bonds. The number of hydrogen-bond donors (Lipinski definition) is 1. The van der Waals surface area contributed by atoms with Gasteiger partial charge in [0.25, 0.3) is 0 Å². The fourth-order valence-electron chi connectivity index (χ4n) is 2.61. The van der Waals surface area contributed by atoms with Crippen molar-refractivity contribution in [3.63, 3.8) is 0 Å². The zero-order valence-electron chi connectivity index (χ0n) is 11.7. The zero-order valence-corrected chi connectivity index (χ0v) is 11.7. The molecule has 0 atom stereocenters. The van der Waals surface area contributed by atoms with Gasteiger partial charge in [-0.25, -0.2) is 0 Å². The molecule has 0 aliphatic carbocycles. The summed E-state index contributed by atoms with van der Waals surface area (Å²) in [5.41, 5.74) is 3.88. The Morgan fingerprint density at radius 3 is 2.75 bits per heavy atom. The summed E-state index contributed by atoms with van der Waals surface area (Å²) in [6, 6.07) is 12.6. The number of pyridine rings is 1. The average molecular weight is 265 g/mol. The van der Waals surface area contributed by atoms with Crippen molar-refractivity contribution in [2.24, 2.45) is 7.05 Å². The lowest BCUT2D eigenvalue weighted by atomic mass is 10.1. The van der Waals surface area contributed by atoms with Crippen LogP contribution in [0.5, 0.6) is 0 Å². The number of nitrogens with zero attached hydrogens (tertiary/aromatic N) is 2. The van der Waals surface area contributed by atoms with Gasteiger partial charge in [0, 0.05) is 48.8 Å². The van der Waals surface area contributed by atoms with Crippen LogP contribution in [-0.4, -0.2) is 16.1 Å². The van der Waals surface area contributed by atoms with E-state index in [1.165, 1.54) is 16.5 Å². The van der Waals surface area contributed by atoms with Crippen molar-refractivity contribution in [1.82, 2.24) is 9.55 Å². The van der Waals surface area contributed by atoms with Gasteiger partial charge in [-0.15, -0.1) is 0 Å². The molecule has 3 rings (SSSR count). The molecule has 0 unspecified atom stereocenters. The highest BCUT2D eigenvalue weighted by molar-refractivity contribution is 5.83. The van der Waals surface area contributed by atoms with Crippen LogP contribution in [0.3, 0.4) is 0 Å². The molecule has 3 nitrogen and oxygen atoms in total. The molecule has 3 aromatic rings. The predicted molar refractivity (Wildman–Crippen MR) is 84.0 cm³/mol. The fourth-order valence-corrected chi connectivity index (χ4v) is 2.61. The minimum atomic E-state index is 0.979. The summed E-state index contributed by atoms with van der Waals surface area (Å²) in [6.07, 6.45) is 8.09. The van der Waals surface area contributed by atoms with Crippen molar-refractivity contribution < 1.29 is 0 Å². The van der Waals surface area contributed by atoms with Crippen LogP contribution < -0.4 is 5.32 Å². The average Bonchev–Trinajstić information content (AvgIpc) is 2.82. The minimum Gasteiger partial charge on any atom is -0.385 e. The maximum absolute atomic E-state index is 4.02. The molecule has 1 aromatic carbocycles. The van der Waals surface area contributed by atoms with Gasteiger partial charge < -0.3 is 9.88 Å². The topological polar surface area (TPSA) is 29.9 Å². The van der Waals surface area contributed by atoms with Gasteiger partial charge in [-0.2, -0.15) is 0 Å². The van der Waals surface area contributed by atoms with Crippen molar-refractivity contribution in [2.45, 2.75) is 12.8 Å². The quantitative estimate of drug-likeness (QED) is 0.714. The number of benzene rings is 1. The summed E-state index contributed by atoms with van der Waals surface area (Å²) >= 11 is 0. The maximum Gasteiger partial charge on any atom is 0.0480 e. The lowest BCUT2D eigenvalue weighted by Crippen LogP contribution is -2.02. The van der Waals surface area contributed by atoms with Crippen LogP contribution in [0.15, 0.2) is 55.0 Å². The summed E-state index contributed by atoms with van der Waals surface area (Å²) in [6.45, 7) is 0.979. The van der Waals surface area contributed by atoms with E-state index in [1.54, 1.807) is 0 Å². The first kappa shape index (κ1) is 12.7. The maximum atomic E-state index is 4.02. The molecular weight excluding hydrogens is 246 g/mol. The summed E-state index contributed by atoms with van der Waals surface area (Å²) in [5, 5.41) is 4.80. The predicted octanol–water partition coefficient (Wildman–Crippen LogP) is 3.62. The van der Waals surface area contributed by atoms with Gasteiger partial charge in [0.2, 0.25) is 0 Å². The number of nitrogens with one attached hydrogen (secondary N) is 1. The third-order valence-electron chi connectivity index (χ3n) is 3.61. The molecule has 3 heteroatoms. The lowest BCUT2D eigenvalue weighted by Gasteiger charge is -2.05. The van der Waals surface area contributed by atoms with Crippen LogP contribution >= 0.6 is 0 Å². The van der Waals surface area contributed by atoms with Gasteiger partial charge in [-0.3, -0.25) is 4.98 Å². The molecular formula is C17H19N3. The Kier molecular flexibility index (Phi) is 3.68. The van der Waals surface area contributed by atoms with Gasteiger partial charge in [0.1, 0.15) is 0 Å². The second-order valence-corrected chi connectivity index (χ2v) is 5.05. The number of aromatic nitrogens is 2. The zero-order chi connectivity index (χ0) is 13.8. The Bertz CT molecular complexity index is 686. The molecule has 2 heterocycles. The lowest BCUT2D eigenvalue weighted by molar-refractivity contribution is 0.857. The molecule has 0 radical (unpaired) electrons. The van der Waals surface area contributed by atoms with Gasteiger partial charge in [0.15, 0.2) is 0 Å². The van der Waals surface area contributed by atoms with Crippen LogP contribution in [0, 0.1) is 0 Å².